The number of likely N-dealkylation sites (tertiary alicyclic amines) is 1. The molecule has 4 heterocycles. The van der Waals surface area contributed by atoms with Crippen LogP contribution in [0, 0.1) is 5.92 Å². The monoisotopic (exact) mass is 339 g/mol. The minimum absolute atomic E-state index is 0.483. The molecule has 1 spiro atoms. The molecule has 3 aliphatic rings. The first-order valence-electron chi connectivity index (χ1n) is 8.38. The molecule has 4 rings (SSSR count). The Bertz CT molecular complexity index is 467. The SMILES string of the molecule is c1cc(CN2CC3(CC(OCC4CCOCC4)CS3)C2)cs1. The maximum absolute atomic E-state index is 6.22. The van der Waals surface area contributed by atoms with Gasteiger partial charge >= 0.3 is 0 Å². The highest BCUT2D eigenvalue weighted by Gasteiger charge is 2.49. The zero-order chi connectivity index (χ0) is 14.8. The van der Waals surface area contributed by atoms with Crippen molar-refractivity contribution in [2.45, 2.75) is 36.7 Å². The van der Waals surface area contributed by atoms with E-state index in [-0.39, 0.29) is 0 Å². The van der Waals surface area contributed by atoms with E-state index in [9.17, 15) is 0 Å². The summed E-state index contributed by atoms with van der Waals surface area (Å²) in [6.45, 7) is 6.40. The molecule has 3 fully saturated rings. The summed E-state index contributed by atoms with van der Waals surface area (Å²) in [6, 6.07) is 2.25. The van der Waals surface area contributed by atoms with Crippen LogP contribution in [0.5, 0.6) is 0 Å². The highest BCUT2D eigenvalue weighted by atomic mass is 32.2. The highest BCUT2D eigenvalue weighted by molar-refractivity contribution is 8.01. The molecule has 3 aliphatic heterocycles. The summed E-state index contributed by atoms with van der Waals surface area (Å²) in [6.07, 6.45) is 4.09. The molecule has 1 atom stereocenters. The normalized spacial score (nSPS) is 29.0. The fourth-order valence-corrected chi connectivity index (χ4v) is 6.10. The summed E-state index contributed by atoms with van der Waals surface area (Å²) >= 11 is 3.95. The fraction of sp³-hybridized carbons (Fsp3) is 0.765. The molecule has 0 amide bonds. The van der Waals surface area contributed by atoms with Crippen LogP contribution in [-0.4, -0.2) is 54.4 Å². The van der Waals surface area contributed by atoms with E-state index in [4.69, 9.17) is 9.47 Å². The summed E-state index contributed by atoms with van der Waals surface area (Å²) < 4.78 is 12.1. The van der Waals surface area contributed by atoms with Gasteiger partial charge in [-0.1, -0.05) is 0 Å². The average Bonchev–Trinajstić information content (AvgIpc) is 3.16. The van der Waals surface area contributed by atoms with Crippen molar-refractivity contribution < 1.29 is 9.47 Å². The predicted molar refractivity (Wildman–Crippen MR) is 92.7 cm³/mol. The molecular weight excluding hydrogens is 314 g/mol. The molecule has 3 nitrogen and oxygen atoms in total. The average molecular weight is 340 g/mol. The summed E-state index contributed by atoms with van der Waals surface area (Å²) in [5.74, 6) is 1.92. The van der Waals surface area contributed by atoms with Crippen LogP contribution in [0.15, 0.2) is 16.8 Å². The summed E-state index contributed by atoms with van der Waals surface area (Å²) in [5.41, 5.74) is 1.47. The van der Waals surface area contributed by atoms with Crippen LogP contribution in [0.4, 0.5) is 0 Å². The van der Waals surface area contributed by atoms with Gasteiger partial charge in [0.25, 0.3) is 0 Å². The quantitative estimate of drug-likeness (QED) is 0.821. The van der Waals surface area contributed by atoms with Gasteiger partial charge in [0.1, 0.15) is 0 Å². The van der Waals surface area contributed by atoms with Crippen LogP contribution in [-0.2, 0) is 16.0 Å². The van der Waals surface area contributed by atoms with Gasteiger partial charge in [0.2, 0.25) is 0 Å². The molecule has 122 valence electrons. The molecule has 0 aromatic carbocycles. The van der Waals surface area contributed by atoms with Crippen molar-refractivity contribution in [3.63, 3.8) is 0 Å². The maximum Gasteiger partial charge on any atom is 0.0680 e. The van der Waals surface area contributed by atoms with Crippen molar-refractivity contribution in [2.24, 2.45) is 5.92 Å². The van der Waals surface area contributed by atoms with Crippen molar-refractivity contribution in [3.8, 4) is 0 Å². The van der Waals surface area contributed by atoms with Gasteiger partial charge in [-0.05, 0) is 47.6 Å². The van der Waals surface area contributed by atoms with Crippen LogP contribution in [0.1, 0.15) is 24.8 Å². The number of thioether (sulfide) groups is 1. The Morgan fingerprint density at radius 1 is 1.32 bits per heavy atom. The molecular formula is C17H25NO2S2. The van der Waals surface area contributed by atoms with Gasteiger partial charge in [-0.25, -0.2) is 0 Å². The summed E-state index contributed by atoms with van der Waals surface area (Å²) in [4.78, 5) is 2.58. The van der Waals surface area contributed by atoms with Gasteiger partial charge < -0.3 is 9.47 Å². The summed E-state index contributed by atoms with van der Waals surface area (Å²) in [5, 5.41) is 4.45. The largest absolute Gasteiger partial charge is 0.381 e. The molecule has 1 aromatic heterocycles. The van der Waals surface area contributed by atoms with Gasteiger partial charge in [0, 0.05) is 50.0 Å². The standard InChI is InChI=1S/C17H25NO2S2/c1-4-19-5-2-14(1)9-20-16-7-17(22-11-16)12-18(13-17)8-15-3-6-21-10-15/h3,6,10,14,16H,1-2,4-5,7-9,11-13H2. The van der Waals surface area contributed by atoms with Crippen LogP contribution >= 0.6 is 23.1 Å². The van der Waals surface area contributed by atoms with E-state index in [0.717, 1.165) is 32.3 Å². The molecule has 0 bridgehead atoms. The van der Waals surface area contributed by atoms with Gasteiger partial charge in [0.05, 0.1) is 6.10 Å². The Morgan fingerprint density at radius 2 is 2.18 bits per heavy atom. The lowest BCUT2D eigenvalue weighted by atomic mass is 9.92. The van der Waals surface area contributed by atoms with Crippen molar-refractivity contribution in [1.82, 2.24) is 4.90 Å². The molecule has 0 aliphatic carbocycles. The first-order valence-corrected chi connectivity index (χ1v) is 10.3. The molecule has 3 saturated heterocycles. The van der Waals surface area contributed by atoms with Gasteiger partial charge in [-0.15, -0.1) is 11.8 Å². The van der Waals surface area contributed by atoms with Gasteiger partial charge in [0.15, 0.2) is 0 Å². The second kappa shape index (κ2) is 6.81. The Morgan fingerprint density at radius 3 is 2.95 bits per heavy atom. The first-order chi connectivity index (χ1) is 10.8. The minimum atomic E-state index is 0.483. The minimum Gasteiger partial charge on any atom is -0.381 e. The number of nitrogens with zero attached hydrogens (tertiary/aromatic N) is 1. The molecule has 5 heteroatoms. The number of ether oxygens (including phenoxy) is 2. The van der Waals surface area contributed by atoms with Crippen molar-refractivity contribution in [3.05, 3.63) is 22.4 Å². The van der Waals surface area contributed by atoms with E-state index >= 15 is 0 Å². The van der Waals surface area contributed by atoms with Gasteiger partial charge in [-0.3, -0.25) is 4.90 Å². The highest BCUT2D eigenvalue weighted by Crippen LogP contribution is 2.46. The van der Waals surface area contributed by atoms with E-state index in [1.54, 1.807) is 11.3 Å². The van der Waals surface area contributed by atoms with E-state index in [2.05, 4.69) is 33.5 Å². The predicted octanol–water partition coefficient (Wildman–Crippen LogP) is 3.25. The van der Waals surface area contributed by atoms with Crippen molar-refractivity contribution in [1.29, 1.82) is 0 Å². The van der Waals surface area contributed by atoms with Crippen LogP contribution in [0.3, 0.4) is 0 Å². The van der Waals surface area contributed by atoms with E-state index in [1.807, 2.05) is 0 Å². The third-order valence-corrected chi connectivity index (χ3v) is 7.40. The van der Waals surface area contributed by atoms with Crippen molar-refractivity contribution in [2.75, 3.05) is 38.7 Å². The van der Waals surface area contributed by atoms with E-state index in [0.29, 0.717) is 10.9 Å². The topological polar surface area (TPSA) is 21.7 Å². The number of rotatable bonds is 5. The zero-order valence-corrected chi connectivity index (χ0v) is 14.7. The molecule has 0 radical (unpaired) electrons. The Kier molecular flexibility index (Phi) is 4.79. The van der Waals surface area contributed by atoms with Gasteiger partial charge in [-0.2, -0.15) is 11.3 Å². The molecule has 22 heavy (non-hydrogen) atoms. The van der Waals surface area contributed by atoms with E-state index < -0.39 is 0 Å². The third kappa shape index (κ3) is 3.54. The molecule has 0 saturated carbocycles. The number of hydrogen-bond donors (Lipinski definition) is 0. The van der Waals surface area contributed by atoms with E-state index in [1.165, 1.54) is 43.7 Å². The first kappa shape index (κ1) is 15.5. The smallest absolute Gasteiger partial charge is 0.0680 e. The van der Waals surface area contributed by atoms with Crippen LogP contribution in [0.25, 0.3) is 0 Å². The molecule has 0 N–H and O–H groups in total. The Hall–Kier alpha value is -0.0700. The Balaban J connectivity index is 1.18. The summed E-state index contributed by atoms with van der Waals surface area (Å²) in [7, 11) is 0. The zero-order valence-electron chi connectivity index (χ0n) is 13.0. The Labute approximate surface area is 141 Å². The molecule has 1 aromatic rings. The number of hydrogen-bond acceptors (Lipinski definition) is 5. The number of thiophene rings is 1. The second-order valence-electron chi connectivity index (χ2n) is 6.99. The fourth-order valence-electron chi connectivity index (χ4n) is 3.84. The van der Waals surface area contributed by atoms with Crippen LogP contribution < -0.4 is 0 Å². The lowest BCUT2D eigenvalue weighted by Crippen LogP contribution is -2.58. The van der Waals surface area contributed by atoms with Crippen molar-refractivity contribution >= 4 is 23.1 Å². The molecule has 1 unspecified atom stereocenters. The maximum atomic E-state index is 6.22. The third-order valence-electron chi connectivity index (χ3n) is 5.09. The lowest BCUT2D eigenvalue weighted by Gasteiger charge is -2.47. The second-order valence-corrected chi connectivity index (χ2v) is 9.25. The lowest BCUT2D eigenvalue weighted by molar-refractivity contribution is -0.0133. The van der Waals surface area contributed by atoms with Crippen LogP contribution in [0.2, 0.25) is 0 Å².